The van der Waals surface area contributed by atoms with Gasteiger partial charge in [-0.15, -0.1) is 0 Å². The monoisotopic (exact) mass is 288 g/mol. The van der Waals surface area contributed by atoms with E-state index in [4.69, 9.17) is 0 Å². The van der Waals surface area contributed by atoms with Crippen molar-refractivity contribution in [3.05, 3.63) is 11.6 Å². The maximum Gasteiger partial charge on any atom is 0.155 e. The van der Waals surface area contributed by atoms with Gasteiger partial charge in [0.2, 0.25) is 0 Å². The number of ketones is 1. The molecule has 21 heavy (non-hydrogen) atoms. The molecule has 0 spiro atoms. The summed E-state index contributed by atoms with van der Waals surface area (Å²) in [5.74, 6) is 3.30. The zero-order valence-corrected chi connectivity index (χ0v) is 13.4. The van der Waals surface area contributed by atoms with Crippen LogP contribution < -0.4 is 0 Å². The minimum atomic E-state index is -0.471. The van der Waals surface area contributed by atoms with Crippen LogP contribution in [0.25, 0.3) is 0 Å². The van der Waals surface area contributed by atoms with Crippen LogP contribution in [0, 0.1) is 29.1 Å². The smallest absolute Gasteiger partial charge is 0.155 e. The van der Waals surface area contributed by atoms with E-state index in [0.29, 0.717) is 17.6 Å². The van der Waals surface area contributed by atoms with Crippen molar-refractivity contribution in [2.45, 2.75) is 70.8 Å². The van der Waals surface area contributed by atoms with Gasteiger partial charge in [-0.3, -0.25) is 4.79 Å². The van der Waals surface area contributed by atoms with Gasteiger partial charge in [-0.2, -0.15) is 0 Å². The van der Waals surface area contributed by atoms with E-state index < -0.39 is 5.60 Å². The van der Waals surface area contributed by atoms with Gasteiger partial charge in [-0.25, -0.2) is 0 Å². The van der Waals surface area contributed by atoms with Crippen molar-refractivity contribution in [2.75, 3.05) is 0 Å². The van der Waals surface area contributed by atoms with Crippen LogP contribution in [0.3, 0.4) is 0 Å². The minimum absolute atomic E-state index is 0.125. The van der Waals surface area contributed by atoms with Gasteiger partial charge >= 0.3 is 0 Å². The van der Waals surface area contributed by atoms with Crippen LogP contribution in [0.15, 0.2) is 11.6 Å². The summed E-state index contributed by atoms with van der Waals surface area (Å²) in [6, 6.07) is 0. The highest BCUT2D eigenvalue weighted by Crippen LogP contribution is 2.64. The fraction of sp³-hybridized carbons (Fsp3) is 0.842. The molecular formula is C19H28O2. The van der Waals surface area contributed by atoms with Gasteiger partial charge < -0.3 is 5.11 Å². The first-order valence-corrected chi connectivity index (χ1v) is 8.88. The molecule has 0 amide bonds. The second kappa shape index (κ2) is 4.44. The molecule has 0 saturated heterocycles. The molecule has 0 radical (unpaired) electrons. The average Bonchev–Trinajstić information content (AvgIpc) is 2.69. The molecule has 4 aliphatic carbocycles. The van der Waals surface area contributed by atoms with Gasteiger partial charge in [-0.1, -0.05) is 12.5 Å². The Morgan fingerprint density at radius 2 is 1.86 bits per heavy atom. The van der Waals surface area contributed by atoms with E-state index in [9.17, 15) is 9.90 Å². The summed E-state index contributed by atoms with van der Waals surface area (Å²) >= 11 is 0. The van der Waals surface area contributed by atoms with Crippen LogP contribution in [0.5, 0.6) is 0 Å². The molecule has 0 aliphatic heterocycles. The van der Waals surface area contributed by atoms with E-state index in [1.165, 1.54) is 31.3 Å². The second-order valence-corrected chi connectivity index (χ2v) is 8.57. The Balaban J connectivity index is 1.64. The van der Waals surface area contributed by atoms with Gasteiger partial charge in [-0.05, 0) is 87.0 Å². The summed E-state index contributed by atoms with van der Waals surface area (Å²) in [5.41, 5.74) is 1.11. The molecule has 0 aromatic carbocycles. The molecule has 0 heterocycles. The SMILES string of the molecule is C[C@]1(O)CC[C@@H]2[C@@H]3CCC4=CC(=O)CC[C@@H]4[C@H]3CC[C@@]21C. The molecule has 3 saturated carbocycles. The maximum absolute atomic E-state index is 11.7. The summed E-state index contributed by atoms with van der Waals surface area (Å²) in [6.07, 6.45) is 10.8. The number of hydrogen-bond acceptors (Lipinski definition) is 2. The van der Waals surface area contributed by atoms with Crippen LogP contribution in [-0.4, -0.2) is 16.5 Å². The Kier molecular flexibility index (Phi) is 2.96. The molecule has 6 atom stereocenters. The molecule has 0 unspecified atom stereocenters. The van der Waals surface area contributed by atoms with Crippen LogP contribution in [0.2, 0.25) is 0 Å². The van der Waals surface area contributed by atoms with Crippen molar-refractivity contribution >= 4 is 5.78 Å². The first kappa shape index (κ1) is 14.0. The minimum Gasteiger partial charge on any atom is -0.390 e. The Morgan fingerprint density at radius 3 is 2.67 bits per heavy atom. The summed E-state index contributed by atoms with van der Waals surface area (Å²) in [5, 5.41) is 10.9. The van der Waals surface area contributed by atoms with E-state index >= 15 is 0 Å². The van der Waals surface area contributed by atoms with Gasteiger partial charge in [0.05, 0.1) is 5.60 Å². The summed E-state index contributed by atoms with van der Waals surface area (Å²) in [6.45, 7) is 4.41. The first-order chi connectivity index (χ1) is 9.92. The van der Waals surface area contributed by atoms with Gasteiger partial charge in [0.15, 0.2) is 5.78 Å². The van der Waals surface area contributed by atoms with E-state index in [1.807, 2.05) is 6.08 Å². The third-order valence-electron chi connectivity index (χ3n) is 7.86. The molecule has 2 nitrogen and oxygen atoms in total. The fourth-order valence-electron chi connectivity index (χ4n) is 6.42. The molecule has 4 aliphatic rings. The predicted octanol–water partition coefficient (Wildman–Crippen LogP) is 3.88. The zero-order chi connectivity index (χ0) is 14.8. The lowest BCUT2D eigenvalue weighted by Gasteiger charge is -2.55. The number of rotatable bonds is 0. The molecule has 0 bridgehead atoms. The Hall–Kier alpha value is -0.630. The van der Waals surface area contributed by atoms with Gasteiger partial charge in [0, 0.05) is 6.42 Å². The fourth-order valence-corrected chi connectivity index (χ4v) is 6.42. The van der Waals surface area contributed by atoms with Crippen molar-refractivity contribution in [2.24, 2.45) is 29.1 Å². The molecule has 2 heteroatoms. The highest BCUT2D eigenvalue weighted by molar-refractivity contribution is 5.91. The number of fused-ring (bicyclic) bond motifs is 5. The Labute approximate surface area is 128 Å². The van der Waals surface area contributed by atoms with Crippen LogP contribution >= 0.6 is 0 Å². The Morgan fingerprint density at radius 1 is 1.05 bits per heavy atom. The van der Waals surface area contributed by atoms with E-state index in [0.717, 1.165) is 37.5 Å². The number of allylic oxidation sites excluding steroid dienone is 1. The van der Waals surface area contributed by atoms with Gasteiger partial charge in [0.25, 0.3) is 0 Å². The van der Waals surface area contributed by atoms with E-state index in [2.05, 4.69) is 13.8 Å². The molecular weight excluding hydrogens is 260 g/mol. The summed E-state index contributed by atoms with van der Waals surface area (Å²) < 4.78 is 0. The van der Waals surface area contributed by atoms with Crippen LogP contribution in [0.4, 0.5) is 0 Å². The van der Waals surface area contributed by atoms with Crippen LogP contribution in [0.1, 0.15) is 65.2 Å². The van der Waals surface area contributed by atoms with Crippen molar-refractivity contribution in [1.29, 1.82) is 0 Å². The Bertz CT molecular complexity index is 504. The molecule has 3 fully saturated rings. The molecule has 116 valence electrons. The number of aliphatic hydroxyl groups is 1. The largest absolute Gasteiger partial charge is 0.390 e. The molecule has 4 rings (SSSR count). The molecule has 1 N–H and O–H groups in total. The third kappa shape index (κ3) is 1.84. The summed E-state index contributed by atoms with van der Waals surface area (Å²) in [4.78, 5) is 11.7. The van der Waals surface area contributed by atoms with E-state index in [1.54, 1.807) is 0 Å². The summed E-state index contributed by atoms with van der Waals surface area (Å²) in [7, 11) is 0. The van der Waals surface area contributed by atoms with Gasteiger partial charge in [0.1, 0.15) is 0 Å². The number of carbonyl (C=O) groups excluding carboxylic acids is 1. The van der Waals surface area contributed by atoms with Crippen molar-refractivity contribution < 1.29 is 9.90 Å². The highest BCUT2D eigenvalue weighted by Gasteiger charge is 2.60. The number of carbonyl (C=O) groups is 1. The van der Waals surface area contributed by atoms with Crippen LogP contribution in [-0.2, 0) is 4.79 Å². The lowest BCUT2D eigenvalue weighted by molar-refractivity contribution is -0.117. The lowest BCUT2D eigenvalue weighted by Crippen LogP contribution is -2.51. The molecule has 0 aromatic rings. The average molecular weight is 288 g/mol. The lowest BCUT2D eigenvalue weighted by atomic mass is 9.51. The topological polar surface area (TPSA) is 37.3 Å². The zero-order valence-electron chi connectivity index (χ0n) is 13.4. The standard InChI is InChI=1S/C19H28O2/c1-18-9-7-15-14-6-4-13(20)11-12(14)3-5-16(15)17(18)8-10-19(18,2)21/h11,14-17,21H,3-10H2,1-2H3/t14-,15+,16+,17+,18-,19-/m0/s1. The first-order valence-electron chi connectivity index (χ1n) is 8.88. The van der Waals surface area contributed by atoms with Crippen molar-refractivity contribution in [3.63, 3.8) is 0 Å². The van der Waals surface area contributed by atoms with Crippen molar-refractivity contribution in [3.8, 4) is 0 Å². The third-order valence-corrected chi connectivity index (χ3v) is 7.86. The number of hydrogen-bond donors (Lipinski definition) is 1. The second-order valence-electron chi connectivity index (χ2n) is 8.57. The quantitative estimate of drug-likeness (QED) is 0.734. The predicted molar refractivity (Wildman–Crippen MR) is 82.7 cm³/mol. The molecule has 0 aromatic heterocycles. The maximum atomic E-state index is 11.7. The normalized spacial score (nSPS) is 52.7. The van der Waals surface area contributed by atoms with Crippen molar-refractivity contribution in [1.82, 2.24) is 0 Å². The van der Waals surface area contributed by atoms with E-state index in [-0.39, 0.29) is 5.41 Å². The highest BCUT2D eigenvalue weighted by atomic mass is 16.3.